The Labute approximate surface area is 124 Å². The molecule has 0 aliphatic carbocycles. The lowest BCUT2D eigenvalue weighted by atomic mass is 10.2. The number of aromatic nitrogens is 1. The molecule has 0 radical (unpaired) electrons. The Bertz CT molecular complexity index is 722. The number of amides is 1. The number of aromatic carboxylic acids is 1. The molecule has 0 saturated heterocycles. The molecule has 1 amide bonds. The predicted octanol–water partition coefficient (Wildman–Crippen LogP) is 2.51. The number of carbonyl (C=O) groups is 2. The minimum atomic E-state index is -1.23. The van der Waals surface area contributed by atoms with Crippen molar-refractivity contribution in [1.29, 1.82) is 0 Å². The summed E-state index contributed by atoms with van der Waals surface area (Å²) in [5, 5.41) is 23.6. The molecule has 0 aliphatic heterocycles. The number of anilines is 1. The number of aromatic hydroxyl groups is 1. The van der Waals surface area contributed by atoms with Gasteiger partial charge in [0.2, 0.25) is 5.91 Å². The second kappa shape index (κ2) is 6.19. The minimum absolute atomic E-state index is 0.221. The fourth-order valence-corrected chi connectivity index (χ4v) is 2.17. The molecule has 6 nitrogen and oxygen atoms in total. The summed E-state index contributed by atoms with van der Waals surface area (Å²) in [6.07, 6.45) is 2.89. The average Bonchev–Trinajstić information content (AvgIpc) is 2.82. The van der Waals surface area contributed by atoms with Crippen LogP contribution in [0, 0.1) is 6.92 Å². The first-order valence-electron chi connectivity index (χ1n) is 5.93. The fourth-order valence-electron chi connectivity index (χ4n) is 1.59. The van der Waals surface area contributed by atoms with Gasteiger partial charge in [-0.05, 0) is 25.1 Å². The number of nitrogens with zero attached hydrogens (tertiary/aromatic N) is 1. The van der Waals surface area contributed by atoms with E-state index in [0.29, 0.717) is 11.4 Å². The molecule has 0 aliphatic rings. The zero-order valence-electron chi connectivity index (χ0n) is 11.0. The zero-order chi connectivity index (χ0) is 15.4. The number of rotatable bonds is 4. The molecule has 2 rings (SSSR count). The monoisotopic (exact) mass is 304 g/mol. The first-order chi connectivity index (χ1) is 9.95. The predicted molar refractivity (Wildman–Crippen MR) is 79.6 cm³/mol. The molecule has 0 spiro atoms. The van der Waals surface area contributed by atoms with Crippen molar-refractivity contribution < 1.29 is 19.8 Å². The Hall–Kier alpha value is -2.67. The lowest BCUT2D eigenvalue weighted by molar-refractivity contribution is -0.111. The van der Waals surface area contributed by atoms with Gasteiger partial charge in [0, 0.05) is 23.2 Å². The number of aryl methyl sites for hydroxylation is 1. The average molecular weight is 304 g/mol. The van der Waals surface area contributed by atoms with Crippen molar-refractivity contribution in [1.82, 2.24) is 4.98 Å². The normalized spacial score (nSPS) is 10.7. The molecule has 0 saturated carbocycles. The third-order valence-electron chi connectivity index (χ3n) is 2.54. The molecule has 21 heavy (non-hydrogen) atoms. The Kier molecular flexibility index (Phi) is 4.34. The van der Waals surface area contributed by atoms with E-state index in [2.05, 4.69) is 10.3 Å². The second-order valence-electron chi connectivity index (χ2n) is 4.15. The smallest absolute Gasteiger partial charge is 0.339 e. The van der Waals surface area contributed by atoms with Gasteiger partial charge in [0.25, 0.3) is 0 Å². The van der Waals surface area contributed by atoms with Gasteiger partial charge in [-0.3, -0.25) is 4.79 Å². The molecule has 0 bridgehead atoms. The maximum Gasteiger partial charge on any atom is 0.339 e. The first kappa shape index (κ1) is 14.7. The maximum atomic E-state index is 11.7. The van der Waals surface area contributed by atoms with Crippen LogP contribution >= 0.6 is 11.3 Å². The summed E-state index contributed by atoms with van der Waals surface area (Å²) >= 11 is 1.48. The fraction of sp³-hybridized carbons (Fsp3) is 0.0714. The van der Waals surface area contributed by atoms with Gasteiger partial charge in [0.1, 0.15) is 11.3 Å². The summed E-state index contributed by atoms with van der Waals surface area (Å²) < 4.78 is 0. The minimum Gasteiger partial charge on any atom is -0.507 e. The number of thiazole rings is 1. The van der Waals surface area contributed by atoms with Crippen molar-refractivity contribution in [2.45, 2.75) is 6.92 Å². The van der Waals surface area contributed by atoms with Crippen LogP contribution < -0.4 is 5.32 Å². The van der Waals surface area contributed by atoms with E-state index in [-0.39, 0.29) is 5.56 Å². The Morgan fingerprint density at radius 2 is 2.14 bits per heavy atom. The van der Waals surface area contributed by atoms with E-state index in [1.165, 1.54) is 35.6 Å². The van der Waals surface area contributed by atoms with Gasteiger partial charge in [0.15, 0.2) is 0 Å². The van der Waals surface area contributed by atoms with Gasteiger partial charge in [-0.2, -0.15) is 0 Å². The van der Waals surface area contributed by atoms with Crippen LogP contribution in [0.15, 0.2) is 29.7 Å². The number of hydrogen-bond donors (Lipinski definition) is 3. The highest BCUT2D eigenvalue weighted by atomic mass is 32.1. The SMILES string of the molecule is Cc1nc(/C=C/C(=O)Nc2ccc(C(=O)O)c(O)c2)cs1. The standard InChI is InChI=1S/C14H12N2O4S/c1-8-15-10(7-21-8)3-5-13(18)16-9-2-4-11(14(19)20)12(17)6-9/h2-7,17H,1H3,(H,16,18)(H,19,20)/b5-3+. The Morgan fingerprint density at radius 1 is 1.38 bits per heavy atom. The highest BCUT2D eigenvalue weighted by Crippen LogP contribution is 2.22. The van der Waals surface area contributed by atoms with Crippen LogP contribution in [0.1, 0.15) is 21.1 Å². The largest absolute Gasteiger partial charge is 0.507 e. The number of carboxylic acids is 1. The topological polar surface area (TPSA) is 99.5 Å². The number of carbonyl (C=O) groups excluding carboxylic acids is 1. The third kappa shape index (κ3) is 3.90. The summed E-state index contributed by atoms with van der Waals surface area (Å²) in [7, 11) is 0. The molecule has 1 heterocycles. The van der Waals surface area contributed by atoms with E-state index in [1.54, 1.807) is 6.08 Å². The summed E-state index contributed by atoms with van der Waals surface area (Å²) in [5.41, 5.74) is 0.778. The van der Waals surface area contributed by atoms with E-state index in [0.717, 1.165) is 5.01 Å². The number of nitrogens with one attached hydrogen (secondary N) is 1. The molecule has 0 atom stereocenters. The first-order valence-corrected chi connectivity index (χ1v) is 6.81. The van der Waals surface area contributed by atoms with E-state index in [9.17, 15) is 14.7 Å². The van der Waals surface area contributed by atoms with Crippen molar-refractivity contribution in [3.8, 4) is 5.75 Å². The van der Waals surface area contributed by atoms with Crippen molar-refractivity contribution in [2.24, 2.45) is 0 Å². The van der Waals surface area contributed by atoms with Crippen LogP contribution in [0.3, 0.4) is 0 Å². The van der Waals surface area contributed by atoms with E-state index >= 15 is 0 Å². The molecule has 1 aromatic carbocycles. The lowest BCUT2D eigenvalue weighted by Crippen LogP contribution is -2.08. The lowest BCUT2D eigenvalue weighted by Gasteiger charge is -2.04. The number of phenols is 1. The van der Waals surface area contributed by atoms with Crippen LogP contribution in [0.4, 0.5) is 5.69 Å². The molecule has 0 unspecified atom stereocenters. The van der Waals surface area contributed by atoms with Gasteiger partial charge in [-0.25, -0.2) is 9.78 Å². The van der Waals surface area contributed by atoms with Crippen LogP contribution in [0.25, 0.3) is 6.08 Å². The van der Waals surface area contributed by atoms with E-state index < -0.39 is 17.6 Å². The molecule has 2 aromatic rings. The van der Waals surface area contributed by atoms with Gasteiger partial charge in [-0.15, -0.1) is 11.3 Å². The third-order valence-corrected chi connectivity index (χ3v) is 3.33. The van der Waals surface area contributed by atoms with Gasteiger partial charge in [0.05, 0.1) is 10.7 Å². The van der Waals surface area contributed by atoms with Crippen molar-refractivity contribution >= 4 is 35.0 Å². The number of benzene rings is 1. The maximum absolute atomic E-state index is 11.7. The Balaban J connectivity index is 2.04. The molecule has 108 valence electrons. The number of carboxylic acid groups (broad SMARTS) is 1. The van der Waals surface area contributed by atoms with Crippen molar-refractivity contribution in [3.05, 3.63) is 45.9 Å². The van der Waals surface area contributed by atoms with E-state index in [1.807, 2.05) is 12.3 Å². The summed E-state index contributed by atoms with van der Waals surface area (Å²) in [4.78, 5) is 26.6. The molecule has 1 aromatic heterocycles. The number of hydrogen-bond acceptors (Lipinski definition) is 5. The molecule has 0 fully saturated rings. The van der Waals surface area contributed by atoms with Crippen LogP contribution in [0.2, 0.25) is 0 Å². The summed E-state index contributed by atoms with van der Waals surface area (Å²) in [6, 6.07) is 3.81. The molecular weight excluding hydrogens is 292 g/mol. The highest BCUT2D eigenvalue weighted by Gasteiger charge is 2.10. The molecule has 3 N–H and O–H groups in total. The summed E-state index contributed by atoms with van der Waals surface area (Å²) in [5.74, 6) is -2.04. The van der Waals surface area contributed by atoms with Crippen LogP contribution in [0.5, 0.6) is 5.75 Å². The molecular formula is C14H12N2O4S. The quantitative estimate of drug-likeness (QED) is 0.754. The van der Waals surface area contributed by atoms with Gasteiger partial charge < -0.3 is 15.5 Å². The second-order valence-corrected chi connectivity index (χ2v) is 5.21. The summed E-state index contributed by atoms with van der Waals surface area (Å²) in [6.45, 7) is 1.87. The van der Waals surface area contributed by atoms with Crippen LogP contribution in [-0.4, -0.2) is 27.1 Å². The van der Waals surface area contributed by atoms with Crippen molar-refractivity contribution in [2.75, 3.05) is 5.32 Å². The Morgan fingerprint density at radius 3 is 2.71 bits per heavy atom. The zero-order valence-corrected chi connectivity index (χ0v) is 11.8. The van der Waals surface area contributed by atoms with Crippen molar-refractivity contribution in [3.63, 3.8) is 0 Å². The molecule has 7 heteroatoms. The van der Waals surface area contributed by atoms with E-state index in [4.69, 9.17) is 5.11 Å². The highest BCUT2D eigenvalue weighted by molar-refractivity contribution is 7.09. The van der Waals surface area contributed by atoms with Crippen LogP contribution in [-0.2, 0) is 4.79 Å². The van der Waals surface area contributed by atoms with Gasteiger partial charge in [-0.1, -0.05) is 0 Å². The van der Waals surface area contributed by atoms with Gasteiger partial charge >= 0.3 is 5.97 Å².